The van der Waals surface area contributed by atoms with Gasteiger partial charge in [0.1, 0.15) is 0 Å². The van der Waals surface area contributed by atoms with Crippen LogP contribution in [0.2, 0.25) is 0 Å². The molecule has 0 aliphatic carbocycles. The highest BCUT2D eigenvalue weighted by molar-refractivity contribution is 5.83. The molecule has 1 atom stereocenters. The molecule has 5 heteroatoms. The number of aliphatic imine (C=N–C) groups is 1. The van der Waals surface area contributed by atoms with E-state index in [1.54, 1.807) is 0 Å². The van der Waals surface area contributed by atoms with Crippen LogP contribution in [-0.2, 0) is 11.3 Å². The molecule has 3 rings (SSSR count). The number of aromatic nitrogens is 1. The molecule has 5 nitrogen and oxygen atoms in total. The van der Waals surface area contributed by atoms with Crippen LogP contribution in [0.25, 0.3) is 10.9 Å². The summed E-state index contributed by atoms with van der Waals surface area (Å²) >= 11 is 0. The zero-order valence-corrected chi connectivity index (χ0v) is 13.6. The number of pyridine rings is 1. The molecule has 0 radical (unpaired) electrons. The molecule has 0 spiro atoms. The van der Waals surface area contributed by atoms with Crippen LogP contribution in [0.5, 0.6) is 0 Å². The smallest absolute Gasteiger partial charge is 0.191 e. The number of rotatable bonds is 5. The quantitative estimate of drug-likeness (QED) is 0.658. The zero-order chi connectivity index (χ0) is 15.9. The summed E-state index contributed by atoms with van der Waals surface area (Å²) in [4.78, 5) is 9.10. The van der Waals surface area contributed by atoms with Crippen LogP contribution in [0.3, 0.4) is 0 Å². The van der Waals surface area contributed by atoms with Crippen molar-refractivity contribution in [3.8, 4) is 0 Å². The lowest BCUT2D eigenvalue weighted by atomic mass is 10.1. The summed E-state index contributed by atoms with van der Waals surface area (Å²) in [7, 11) is 0. The van der Waals surface area contributed by atoms with Gasteiger partial charge < -0.3 is 15.4 Å². The summed E-state index contributed by atoms with van der Waals surface area (Å²) in [5.74, 6) is 0.837. The molecule has 1 unspecified atom stereocenters. The summed E-state index contributed by atoms with van der Waals surface area (Å²) in [6.45, 7) is 5.23. The van der Waals surface area contributed by atoms with E-state index >= 15 is 0 Å². The largest absolute Gasteiger partial charge is 0.376 e. The maximum absolute atomic E-state index is 5.65. The maximum atomic E-state index is 5.65. The number of guanidine groups is 1. The number of fused-ring (bicyclic) bond motifs is 1. The predicted molar refractivity (Wildman–Crippen MR) is 93.5 cm³/mol. The Balaban J connectivity index is 1.68. The second-order valence-electron chi connectivity index (χ2n) is 5.70. The number of hydrogen-bond acceptors (Lipinski definition) is 3. The molecule has 0 amide bonds. The van der Waals surface area contributed by atoms with Crippen molar-refractivity contribution in [1.82, 2.24) is 15.6 Å². The number of nitrogens with zero attached hydrogens (tertiary/aromatic N) is 2. The molecule has 2 N–H and O–H groups in total. The second-order valence-corrected chi connectivity index (χ2v) is 5.70. The molecule has 1 aromatic heterocycles. The molecule has 1 saturated heterocycles. The van der Waals surface area contributed by atoms with Gasteiger partial charge in [0.2, 0.25) is 0 Å². The third-order valence-electron chi connectivity index (χ3n) is 4.01. The predicted octanol–water partition coefficient (Wildman–Crippen LogP) is 2.47. The first kappa shape index (κ1) is 15.7. The van der Waals surface area contributed by atoms with Crippen LogP contribution >= 0.6 is 0 Å². The van der Waals surface area contributed by atoms with Crippen LogP contribution < -0.4 is 10.6 Å². The summed E-state index contributed by atoms with van der Waals surface area (Å²) in [6, 6.07) is 10.2. The third kappa shape index (κ3) is 4.20. The van der Waals surface area contributed by atoms with Crippen molar-refractivity contribution >= 4 is 16.9 Å². The lowest BCUT2D eigenvalue weighted by molar-refractivity contribution is 0.114. The Hall–Kier alpha value is -2.14. The maximum Gasteiger partial charge on any atom is 0.191 e. The van der Waals surface area contributed by atoms with E-state index in [-0.39, 0.29) is 0 Å². The molecule has 122 valence electrons. The third-order valence-corrected chi connectivity index (χ3v) is 4.01. The van der Waals surface area contributed by atoms with Crippen molar-refractivity contribution in [1.29, 1.82) is 0 Å². The van der Waals surface area contributed by atoms with Gasteiger partial charge in [-0.05, 0) is 37.5 Å². The number of nitrogens with one attached hydrogen (secondary N) is 2. The van der Waals surface area contributed by atoms with Gasteiger partial charge in [0.25, 0.3) is 0 Å². The van der Waals surface area contributed by atoms with Gasteiger partial charge in [-0.25, -0.2) is 4.99 Å². The van der Waals surface area contributed by atoms with Gasteiger partial charge >= 0.3 is 0 Å². The average molecular weight is 312 g/mol. The minimum absolute atomic E-state index is 0.306. The Morgan fingerprint density at radius 2 is 2.22 bits per heavy atom. The van der Waals surface area contributed by atoms with E-state index in [2.05, 4.69) is 28.6 Å². The van der Waals surface area contributed by atoms with Gasteiger partial charge in [0, 0.05) is 31.3 Å². The number of hydrogen-bond donors (Lipinski definition) is 2. The molecular weight excluding hydrogens is 288 g/mol. The molecule has 1 aliphatic heterocycles. The Morgan fingerprint density at radius 3 is 3.04 bits per heavy atom. The van der Waals surface area contributed by atoms with Crippen molar-refractivity contribution in [3.63, 3.8) is 0 Å². The minimum atomic E-state index is 0.306. The highest BCUT2D eigenvalue weighted by Crippen LogP contribution is 2.16. The topological polar surface area (TPSA) is 58.5 Å². The normalized spacial score (nSPS) is 18.3. The zero-order valence-electron chi connectivity index (χ0n) is 13.6. The Kier molecular flexibility index (Phi) is 5.42. The Labute approximate surface area is 137 Å². The standard InChI is InChI=1S/C18H24N4O/c1-2-19-18(22-13-15-6-5-11-23-15)21-12-14-9-10-20-17-8-4-3-7-16(14)17/h3-4,7-10,15H,2,5-6,11-13H2,1H3,(H2,19,21,22). The van der Waals surface area contributed by atoms with Crippen LogP contribution in [0.4, 0.5) is 0 Å². The lowest BCUT2D eigenvalue weighted by Gasteiger charge is -2.15. The van der Waals surface area contributed by atoms with Gasteiger partial charge in [-0.2, -0.15) is 0 Å². The van der Waals surface area contributed by atoms with Crippen molar-refractivity contribution in [3.05, 3.63) is 42.1 Å². The van der Waals surface area contributed by atoms with Crippen molar-refractivity contribution in [2.75, 3.05) is 19.7 Å². The van der Waals surface area contributed by atoms with Crippen LogP contribution in [0.15, 0.2) is 41.5 Å². The van der Waals surface area contributed by atoms with Crippen LogP contribution in [-0.4, -0.2) is 36.7 Å². The van der Waals surface area contributed by atoms with E-state index in [4.69, 9.17) is 9.73 Å². The molecule has 1 aliphatic rings. The molecule has 0 bridgehead atoms. The van der Waals surface area contributed by atoms with Gasteiger partial charge in [-0.1, -0.05) is 18.2 Å². The molecular formula is C18H24N4O. The van der Waals surface area contributed by atoms with E-state index in [0.29, 0.717) is 12.6 Å². The molecule has 2 heterocycles. The molecule has 0 saturated carbocycles. The summed E-state index contributed by atoms with van der Waals surface area (Å²) in [6.07, 6.45) is 4.44. The van der Waals surface area contributed by atoms with Gasteiger partial charge in [0.15, 0.2) is 5.96 Å². The first-order chi connectivity index (χ1) is 11.4. The van der Waals surface area contributed by atoms with E-state index in [9.17, 15) is 0 Å². The van der Waals surface area contributed by atoms with Crippen LogP contribution in [0, 0.1) is 0 Å². The summed E-state index contributed by atoms with van der Waals surface area (Å²) in [5.41, 5.74) is 2.20. The molecule has 23 heavy (non-hydrogen) atoms. The number of para-hydroxylation sites is 1. The average Bonchev–Trinajstić information content (AvgIpc) is 3.11. The fourth-order valence-corrected chi connectivity index (χ4v) is 2.81. The first-order valence-corrected chi connectivity index (χ1v) is 8.33. The van der Waals surface area contributed by atoms with E-state index in [1.807, 2.05) is 30.5 Å². The SMILES string of the molecule is CCNC(=NCc1ccnc2ccccc12)NCC1CCCO1. The van der Waals surface area contributed by atoms with E-state index < -0.39 is 0 Å². The monoisotopic (exact) mass is 312 g/mol. The van der Waals surface area contributed by atoms with Gasteiger partial charge in [-0.15, -0.1) is 0 Å². The van der Waals surface area contributed by atoms with E-state index in [1.165, 1.54) is 5.56 Å². The fraction of sp³-hybridized carbons (Fsp3) is 0.444. The number of benzene rings is 1. The lowest BCUT2D eigenvalue weighted by Crippen LogP contribution is -2.41. The Bertz CT molecular complexity index is 660. The highest BCUT2D eigenvalue weighted by atomic mass is 16.5. The van der Waals surface area contributed by atoms with Crippen molar-refractivity contribution in [2.45, 2.75) is 32.4 Å². The second kappa shape index (κ2) is 7.92. The van der Waals surface area contributed by atoms with Crippen molar-refractivity contribution < 1.29 is 4.74 Å². The first-order valence-electron chi connectivity index (χ1n) is 8.33. The molecule has 2 aromatic rings. The fourth-order valence-electron chi connectivity index (χ4n) is 2.81. The molecule has 1 aromatic carbocycles. The number of ether oxygens (including phenoxy) is 1. The van der Waals surface area contributed by atoms with E-state index in [0.717, 1.165) is 49.4 Å². The Morgan fingerprint density at radius 1 is 1.30 bits per heavy atom. The summed E-state index contributed by atoms with van der Waals surface area (Å²) < 4.78 is 5.65. The van der Waals surface area contributed by atoms with Gasteiger partial charge in [0.05, 0.1) is 18.2 Å². The van der Waals surface area contributed by atoms with Crippen LogP contribution in [0.1, 0.15) is 25.3 Å². The minimum Gasteiger partial charge on any atom is -0.376 e. The van der Waals surface area contributed by atoms with Crippen molar-refractivity contribution in [2.24, 2.45) is 4.99 Å². The highest BCUT2D eigenvalue weighted by Gasteiger charge is 2.15. The molecule has 1 fully saturated rings. The summed E-state index contributed by atoms with van der Waals surface area (Å²) in [5, 5.41) is 7.83. The van der Waals surface area contributed by atoms with Gasteiger partial charge in [-0.3, -0.25) is 4.98 Å².